The second-order valence-corrected chi connectivity index (χ2v) is 22.0. The van der Waals surface area contributed by atoms with E-state index in [1.54, 1.807) is 0 Å². The van der Waals surface area contributed by atoms with Gasteiger partial charge in [-0.2, -0.15) is 0 Å². The molecule has 0 aliphatic carbocycles. The maximum absolute atomic E-state index is 12.9. The molecule has 6 nitrogen and oxygen atoms in total. The Morgan fingerprint density at radius 2 is 0.514 bits per heavy atom. The van der Waals surface area contributed by atoms with E-state index >= 15 is 0 Å². The minimum absolute atomic E-state index is 0.0696. The van der Waals surface area contributed by atoms with Crippen LogP contribution in [0, 0.1) is 0 Å². The van der Waals surface area contributed by atoms with Crippen LogP contribution >= 0.6 is 0 Å². The predicted octanol–water partition coefficient (Wildman–Crippen LogP) is 21.8. The molecule has 0 spiro atoms. The first-order chi connectivity index (χ1) is 35.5. The van der Waals surface area contributed by atoms with Crippen molar-refractivity contribution in [2.24, 2.45) is 0 Å². The number of allylic oxidation sites excluding steroid dienone is 4. The fourth-order valence-electron chi connectivity index (χ4n) is 9.82. The molecule has 424 valence electrons. The van der Waals surface area contributed by atoms with Crippen LogP contribution < -0.4 is 0 Å². The van der Waals surface area contributed by atoms with Gasteiger partial charge in [-0.15, -0.1) is 0 Å². The van der Waals surface area contributed by atoms with Gasteiger partial charge in [-0.05, 0) is 44.9 Å². The molecule has 0 N–H and O–H groups in total. The minimum atomic E-state index is -0.773. The Bertz CT molecular complexity index is 1160. The molecule has 6 heteroatoms. The summed E-state index contributed by atoms with van der Waals surface area (Å²) < 4.78 is 16.9. The number of hydrogen-bond acceptors (Lipinski definition) is 6. The number of ether oxygens (including phenoxy) is 3. The second kappa shape index (κ2) is 61.4. The van der Waals surface area contributed by atoms with Crippen molar-refractivity contribution in [3.05, 3.63) is 24.3 Å². The molecule has 0 rings (SSSR count). The highest BCUT2D eigenvalue weighted by atomic mass is 16.6. The van der Waals surface area contributed by atoms with Gasteiger partial charge in [0.2, 0.25) is 0 Å². The van der Waals surface area contributed by atoms with E-state index in [4.69, 9.17) is 14.2 Å². The van der Waals surface area contributed by atoms with Crippen LogP contribution in [-0.2, 0) is 28.6 Å². The smallest absolute Gasteiger partial charge is 0.306 e. The Kier molecular flexibility index (Phi) is 59.6. The quantitative estimate of drug-likeness (QED) is 0.0261. The fraction of sp³-hybridized carbons (Fsp3) is 0.894. The van der Waals surface area contributed by atoms with Gasteiger partial charge in [-0.3, -0.25) is 14.4 Å². The van der Waals surface area contributed by atoms with Gasteiger partial charge < -0.3 is 14.2 Å². The summed E-state index contributed by atoms with van der Waals surface area (Å²) in [6.07, 6.45) is 73.3. The minimum Gasteiger partial charge on any atom is -0.462 e. The van der Waals surface area contributed by atoms with Crippen LogP contribution in [0.4, 0.5) is 0 Å². The number of unbranched alkanes of at least 4 members (excludes halogenated alkanes) is 45. The van der Waals surface area contributed by atoms with Gasteiger partial charge in [0.15, 0.2) is 6.10 Å². The summed E-state index contributed by atoms with van der Waals surface area (Å²) in [6, 6.07) is 0. The molecule has 0 aliphatic heterocycles. The lowest BCUT2D eigenvalue weighted by molar-refractivity contribution is -0.167. The van der Waals surface area contributed by atoms with Crippen LogP contribution in [0.1, 0.15) is 361 Å². The first-order valence-electron chi connectivity index (χ1n) is 32.3. The van der Waals surface area contributed by atoms with Crippen LogP contribution in [0.15, 0.2) is 24.3 Å². The summed E-state index contributed by atoms with van der Waals surface area (Å²) in [5.74, 6) is -0.857. The van der Waals surface area contributed by atoms with Crippen molar-refractivity contribution in [2.75, 3.05) is 13.2 Å². The Hall–Kier alpha value is -2.11. The van der Waals surface area contributed by atoms with E-state index < -0.39 is 6.10 Å². The summed E-state index contributed by atoms with van der Waals surface area (Å²) in [5, 5.41) is 0. The molecule has 0 bridgehead atoms. The molecule has 1 unspecified atom stereocenters. The van der Waals surface area contributed by atoms with Crippen molar-refractivity contribution in [2.45, 2.75) is 367 Å². The Morgan fingerprint density at radius 1 is 0.278 bits per heavy atom. The van der Waals surface area contributed by atoms with Crippen LogP contribution in [0.25, 0.3) is 0 Å². The van der Waals surface area contributed by atoms with Crippen molar-refractivity contribution < 1.29 is 28.6 Å². The zero-order valence-corrected chi connectivity index (χ0v) is 48.7. The van der Waals surface area contributed by atoms with Gasteiger partial charge in [-0.1, -0.05) is 321 Å². The van der Waals surface area contributed by atoms with E-state index in [9.17, 15) is 14.4 Å². The number of carbonyl (C=O) groups is 3. The molecule has 0 saturated carbocycles. The number of rotatable bonds is 60. The molecular weight excluding hydrogens is 889 g/mol. The molecule has 0 amide bonds. The zero-order valence-electron chi connectivity index (χ0n) is 48.7. The molecule has 0 aromatic heterocycles. The number of carbonyl (C=O) groups excluding carboxylic acids is 3. The number of hydrogen-bond donors (Lipinski definition) is 0. The molecular formula is C66H124O6. The normalized spacial score (nSPS) is 12.1. The lowest BCUT2D eigenvalue weighted by Gasteiger charge is -2.18. The lowest BCUT2D eigenvalue weighted by Crippen LogP contribution is -2.30. The summed E-state index contributed by atoms with van der Waals surface area (Å²) in [5.41, 5.74) is 0. The van der Waals surface area contributed by atoms with Gasteiger partial charge >= 0.3 is 17.9 Å². The van der Waals surface area contributed by atoms with Gasteiger partial charge in [-0.25, -0.2) is 0 Å². The van der Waals surface area contributed by atoms with Crippen LogP contribution in [0.2, 0.25) is 0 Å². The second-order valence-electron chi connectivity index (χ2n) is 22.0. The molecule has 0 aromatic rings. The summed E-state index contributed by atoms with van der Waals surface area (Å²) in [6.45, 7) is 6.66. The average molecular weight is 1010 g/mol. The summed E-state index contributed by atoms with van der Waals surface area (Å²) in [4.78, 5) is 38.3. The third-order valence-electron chi connectivity index (χ3n) is 14.7. The summed E-state index contributed by atoms with van der Waals surface area (Å²) in [7, 11) is 0. The summed E-state index contributed by atoms with van der Waals surface area (Å²) >= 11 is 0. The Labute approximate surface area is 449 Å². The zero-order chi connectivity index (χ0) is 52.2. The van der Waals surface area contributed by atoms with Crippen molar-refractivity contribution in [1.29, 1.82) is 0 Å². The third kappa shape index (κ3) is 58.8. The van der Waals surface area contributed by atoms with Gasteiger partial charge in [0.25, 0.3) is 0 Å². The van der Waals surface area contributed by atoms with Gasteiger partial charge in [0.1, 0.15) is 13.2 Å². The molecule has 0 saturated heterocycles. The SMILES string of the molecule is CCCC/C=C\C/C=C\CCCCCCCC(=O)OCC(COC(=O)CCCCCCCCCCCCCCCCCCCCCCCCCC)OC(=O)CCCCCCCCCCCCCCCCCC. The van der Waals surface area contributed by atoms with E-state index in [2.05, 4.69) is 45.1 Å². The predicted molar refractivity (Wildman–Crippen MR) is 312 cm³/mol. The van der Waals surface area contributed by atoms with Crippen LogP contribution in [-0.4, -0.2) is 37.2 Å². The van der Waals surface area contributed by atoms with Crippen LogP contribution in [0.5, 0.6) is 0 Å². The van der Waals surface area contributed by atoms with Crippen molar-refractivity contribution in [3.63, 3.8) is 0 Å². The fourth-order valence-corrected chi connectivity index (χ4v) is 9.82. The largest absolute Gasteiger partial charge is 0.462 e. The monoisotopic (exact) mass is 1010 g/mol. The highest BCUT2D eigenvalue weighted by Crippen LogP contribution is 2.18. The topological polar surface area (TPSA) is 78.9 Å². The van der Waals surface area contributed by atoms with Crippen molar-refractivity contribution in [1.82, 2.24) is 0 Å². The van der Waals surface area contributed by atoms with E-state index in [1.165, 1.54) is 244 Å². The van der Waals surface area contributed by atoms with Gasteiger partial charge in [0, 0.05) is 19.3 Å². The standard InChI is InChI=1S/C66H124O6/c1-4-7-10-13-16-19-22-25-28-30-31-32-33-34-35-36-37-39-41-44-47-50-53-56-59-65(68)71-62-63(61-70-64(67)58-55-52-49-46-43-40-27-24-21-18-15-12-9-6-3)72-66(69)60-57-54-51-48-45-42-38-29-26-23-20-17-14-11-8-5-2/h15,18,24,27,63H,4-14,16-17,19-23,25-26,28-62H2,1-3H3/b18-15-,27-24-. The first kappa shape index (κ1) is 69.9. The number of esters is 3. The Morgan fingerprint density at radius 3 is 0.806 bits per heavy atom. The molecule has 0 fully saturated rings. The molecule has 0 radical (unpaired) electrons. The first-order valence-corrected chi connectivity index (χ1v) is 32.3. The third-order valence-corrected chi connectivity index (χ3v) is 14.7. The maximum Gasteiger partial charge on any atom is 0.306 e. The molecule has 0 aromatic carbocycles. The highest BCUT2D eigenvalue weighted by Gasteiger charge is 2.19. The van der Waals surface area contributed by atoms with Crippen molar-refractivity contribution in [3.8, 4) is 0 Å². The van der Waals surface area contributed by atoms with E-state index in [1.807, 2.05) is 0 Å². The van der Waals surface area contributed by atoms with E-state index in [0.717, 1.165) is 77.0 Å². The van der Waals surface area contributed by atoms with E-state index in [-0.39, 0.29) is 31.1 Å². The Balaban J connectivity index is 4.24. The highest BCUT2D eigenvalue weighted by molar-refractivity contribution is 5.71. The van der Waals surface area contributed by atoms with Gasteiger partial charge in [0.05, 0.1) is 0 Å². The van der Waals surface area contributed by atoms with E-state index in [0.29, 0.717) is 19.3 Å². The lowest BCUT2D eigenvalue weighted by atomic mass is 10.0. The molecule has 72 heavy (non-hydrogen) atoms. The molecule has 0 aliphatic rings. The maximum atomic E-state index is 12.9. The van der Waals surface area contributed by atoms with Crippen molar-refractivity contribution >= 4 is 17.9 Å². The molecule has 0 heterocycles. The average Bonchev–Trinajstić information content (AvgIpc) is 3.38. The van der Waals surface area contributed by atoms with Crippen LogP contribution in [0.3, 0.4) is 0 Å². The molecule has 1 atom stereocenters.